The molecule has 0 aliphatic carbocycles. The number of carbonyl (C=O) groups excluding carboxylic acids is 1. The zero-order valence-corrected chi connectivity index (χ0v) is 5.81. The first-order chi connectivity index (χ1) is 4.70. The second-order valence-corrected chi connectivity index (χ2v) is 2.04. The number of nitrogens with two attached hydrogens (primary N) is 1. The van der Waals surface area contributed by atoms with Gasteiger partial charge in [0.05, 0.1) is 0 Å². The molecule has 1 heterocycles. The lowest BCUT2D eigenvalue weighted by atomic mass is 10.4. The highest BCUT2D eigenvalue weighted by Gasteiger charge is 1.96. The van der Waals surface area contributed by atoms with Crippen LogP contribution in [0.2, 0.25) is 0 Å². The zero-order valence-electron chi connectivity index (χ0n) is 5.00. The van der Waals surface area contributed by atoms with Gasteiger partial charge >= 0.3 is 0 Å². The van der Waals surface area contributed by atoms with Crippen LogP contribution in [0.3, 0.4) is 0 Å². The molecule has 0 saturated heterocycles. The summed E-state index contributed by atoms with van der Waals surface area (Å²) >= 11 is 4.64. The van der Waals surface area contributed by atoms with Crippen LogP contribution < -0.4 is 5.73 Å². The summed E-state index contributed by atoms with van der Waals surface area (Å²) in [6, 6.07) is 1.47. The van der Waals surface area contributed by atoms with E-state index in [0.29, 0.717) is 0 Å². The lowest BCUT2D eigenvalue weighted by molar-refractivity contribution is 0.0995. The maximum Gasteiger partial charge on any atom is 0.265 e. The van der Waals surface area contributed by atoms with Gasteiger partial charge in [0.2, 0.25) is 0 Å². The van der Waals surface area contributed by atoms with Gasteiger partial charge in [-0.2, -0.15) is 0 Å². The Morgan fingerprint density at radius 1 is 1.80 bits per heavy atom. The van der Waals surface area contributed by atoms with Gasteiger partial charge in [-0.1, -0.05) is 0 Å². The summed E-state index contributed by atoms with van der Waals surface area (Å²) in [5, 5.41) is 0. The van der Waals surface area contributed by atoms with Crippen molar-refractivity contribution in [1.82, 2.24) is 9.97 Å². The standard InChI is InChI=1S/C5H5N3OS/c6-4(9)3-1-2-7-5(10)8-3/h1-2H,(H2,6,9)(H,7,8,10). The minimum Gasteiger partial charge on any atom is -0.364 e. The van der Waals surface area contributed by atoms with E-state index in [1.54, 1.807) is 0 Å². The van der Waals surface area contributed by atoms with E-state index >= 15 is 0 Å². The Bertz CT molecular complexity index is 306. The minimum atomic E-state index is -0.534. The molecule has 0 unspecified atom stereocenters. The largest absolute Gasteiger partial charge is 0.364 e. The summed E-state index contributed by atoms with van der Waals surface area (Å²) in [5.41, 5.74) is 5.22. The number of amides is 1. The van der Waals surface area contributed by atoms with E-state index in [0.717, 1.165) is 0 Å². The fourth-order valence-electron chi connectivity index (χ4n) is 0.512. The molecule has 0 aliphatic rings. The number of aromatic nitrogens is 2. The third-order valence-corrected chi connectivity index (χ3v) is 1.15. The summed E-state index contributed by atoms with van der Waals surface area (Å²) in [5.74, 6) is -0.534. The molecule has 0 aliphatic heterocycles. The fraction of sp³-hybridized carbons (Fsp3) is 0. The molecular weight excluding hydrogens is 150 g/mol. The Morgan fingerprint density at radius 2 is 2.50 bits per heavy atom. The summed E-state index contributed by atoms with van der Waals surface area (Å²) in [7, 11) is 0. The van der Waals surface area contributed by atoms with Gasteiger partial charge in [0.25, 0.3) is 5.91 Å². The molecule has 5 heteroatoms. The zero-order chi connectivity index (χ0) is 7.56. The van der Waals surface area contributed by atoms with Crippen molar-refractivity contribution in [2.24, 2.45) is 5.73 Å². The van der Waals surface area contributed by atoms with Gasteiger partial charge < -0.3 is 10.7 Å². The van der Waals surface area contributed by atoms with Crippen molar-refractivity contribution in [3.8, 4) is 0 Å². The van der Waals surface area contributed by atoms with Gasteiger partial charge in [0.1, 0.15) is 5.69 Å². The number of hydrogen-bond donors (Lipinski definition) is 2. The van der Waals surface area contributed by atoms with Crippen LogP contribution in [-0.4, -0.2) is 15.9 Å². The van der Waals surface area contributed by atoms with E-state index in [9.17, 15) is 4.79 Å². The van der Waals surface area contributed by atoms with Crippen molar-refractivity contribution < 1.29 is 4.79 Å². The number of H-pyrrole nitrogens is 1. The number of rotatable bonds is 1. The molecule has 1 rings (SSSR count). The van der Waals surface area contributed by atoms with Crippen molar-refractivity contribution in [3.05, 3.63) is 22.7 Å². The minimum absolute atomic E-state index is 0.260. The number of carbonyl (C=O) groups is 1. The molecule has 0 fully saturated rings. The van der Waals surface area contributed by atoms with Crippen LogP contribution in [0.1, 0.15) is 10.5 Å². The van der Waals surface area contributed by atoms with Gasteiger partial charge in [-0.25, -0.2) is 4.98 Å². The first-order valence-corrected chi connectivity index (χ1v) is 2.96. The molecule has 52 valence electrons. The summed E-state index contributed by atoms with van der Waals surface area (Å²) in [6.45, 7) is 0. The number of primary amides is 1. The second-order valence-electron chi connectivity index (χ2n) is 1.65. The van der Waals surface area contributed by atoms with E-state index < -0.39 is 5.91 Å². The molecule has 1 amide bonds. The molecule has 10 heavy (non-hydrogen) atoms. The van der Waals surface area contributed by atoms with Crippen molar-refractivity contribution in [1.29, 1.82) is 0 Å². The number of nitrogens with zero attached hydrogens (tertiary/aromatic N) is 1. The number of hydrogen-bond acceptors (Lipinski definition) is 3. The first kappa shape index (κ1) is 6.88. The third-order valence-electron chi connectivity index (χ3n) is 0.940. The van der Waals surface area contributed by atoms with Crippen LogP contribution in [-0.2, 0) is 0 Å². The summed E-state index contributed by atoms with van der Waals surface area (Å²) in [4.78, 5) is 16.7. The Kier molecular flexibility index (Phi) is 1.77. The topological polar surface area (TPSA) is 71.8 Å². The maximum atomic E-state index is 10.5. The molecule has 1 aromatic heterocycles. The highest BCUT2D eigenvalue weighted by Crippen LogP contribution is 1.88. The fourth-order valence-corrected chi connectivity index (χ4v) is 0.683. The highest BCUT2D eigenvalue weighted by molar-refractivity contribution is 7.71. The molecule has 0 bridgehead atoms. The quantitative estimate of drug-likeness (QED) is 0.570. The SMILES string of the molecule is NC(=O)c1ccnc(=S)[nH]1. The smallest absolute Gasteiger partial charge is 0.265 e. The second kappa shape index (κ2) is 2.57. The monoisotopic (exact) mass is 155 g/mol. The van der Waals surface area contributed by atoms with Crippen molar-refractivity contribution in [2.75, 3.05) is 0 Å². The third kappa shape index (κ3) is 1.38. The van der Waals surface area contributed by atoms with E-state index in [4.69, 9.17) is 5.73 Å². The van der Waals surface area contributed by atoms with Gasteiger partial charge in [-0.15, -0.1) is 0 Å². The number of nitrogens with one attached hydrogen (secondary N) is 1. The maximum absolute atomic E-state index is 10.5. The molecule has 3 N–H and O–H groups in total. The molecule has 4 nitrogen and oxygen atoms in total. The van der Waals surface area contributed by atoms with Gasteiger partial charge in [0, 0.05) is 6.20 Å². The first-order valence-electron chi connectivity index (χ1n) is 2.55. The molecule has 0 atom stereocenters. The van der Waals surface area contributed by atoms with Crippen LogP contribution in [0.15, 0.2) is 12.3 Å². The van der Waals surface area contributed by atoms with Gasteiger partial charge in [0.15, 0.2) is 4.77 Å². The molecule has 1 aromatic rings. The van der Waals surface area contributed by atoms with E-state index in [-0.39, 0.29) is 10.5 Å². The van der Waals surface area contributed by atoms with Crippen LogP contribution in [0.4, 0.5) is 0 Å². The molecule has 0 radical (unpaired) electrons. The summed E-state index contributed by atoms with van der Waals surface area (Å²) in [6.07, 6.45) is 1.43. The lowest BCUT2D eigenvalue weighted by Gasteiger charge is -1.91. The van der Waals surface area contributed by atoms with E-state index in [1.807, 2.05) is 0 Å². The van der Waals surface area contributed by atoms with Crippen molar-refractivity contribution in [2.45, 2.75) is 0 Å². The molecule has 0 saturated carbocycles. The predicted molar refractivity (Wildman–Crippen MR) is 37.9 cm³/mol. The van der Waals surface area contributed by atoms with Gasteiger partial charge in [-0.3, -0.25) is 4.79 Å². The van der Waals surface area contributed by atoms with E-state index in [2.05, 4.69) is 22.2 Å². The van der Waals surface area contributed by atoms with Crippen LogP contribution in [0, 0.1) is 4.77 Å². The lowest BCUT2D eigenvalue weighted by Crippen LogP contribution is -2.12. The van der Waals surface area contributed by atoms with Crippen molar-refractivity contribution in [3.63, 3.8) is 0 Å². The Balaban J connectivity index is 3.20. The average Bonchev–Trinajstić information content (AvgIpc) is 1.88. The molecular formula is C5H5N3OS. The normalized spacial score (nSPS) is 9.20. The molecule has 0 spiro atoms. The van der Waals surface area contributed by atoms with Crippen LogP contribution >= 0.6 is 12.2 Å². The Morgan fingerprint density at radius 3 is 2.90 bits per heavy atom. The number of aromatic amines is 1. The Labute approximate surface area is 62.1 Å². The van der Waals surface area contributed by atoms with Crippen LogP contribution in [0.25, 0.3) is 0 Å². The van der Waals surface area contributed by atoms with E-state index in [1.165, 1.54) is 12.3 Å². The molecule has 0 aromatic carbocycles. The Hall–Kier alpha value is -1.23. The average molecular weight is 155 g/mol. The van der Waals surface area contributed by atoms with Gasteiger partial charge in [-0.05, 0) is 18.3 Å². The van der Waals surface area contributed by atoms with Crippen LogP contribution in [0.5, 0.6) is 0 Å². The highest BCUT2D eigenvalue weighted by atomic mass is 32.1. The van der Waals surface area contributed by atoms with Crippen molar-refractivity contribution >= 4 is 18.1 Å². The predicted octanol–water partition coefficient (Wildman–Crippen LogP) is 0.238. The summed E-state index contributed by atoms with van der Waals surface area (Å²) < 4.78 is 0.260.